The molecule has 4 heteroatoms. The van der Waals surface area contributed by atoms with Gasteiger partial charge in [-0.1, -0.05) is 12.1 Å². The molecule has 0 unspecified atom stereocenters. The van der Waals surface area contributed by atoms with Crippen LogP contribution in [0.4, 0.5) is 0 Å². The highest BCUT2D eigenvalue weighted by atomic mass is 32.1. The lowest BCUT2D eigenvalue weighted by Crippen LogP contribution is -1.93. The van der Waals surface area contributed by atoms with Crippen LogP contribution in [0.2, 0.25) is 0 Å². The molecule has 1 aromatic rings. The number of carbonyl (C=O) groups excluding carboxylic acids is 1. The zero-order valence-corrected chi connectivity index (χ0v) is 6.41. The van der Waals surface area contributed by atoms with E-state index in [2.05, 4.69) is 17.8 Å². The number of nitroso groups, excluding NO2 is 1. The Morgan fingerprint density at radius 3 is 2.55 bits per heavy atom. The van der Waals surface area contributed by atoms with E-state index in [1.54, 1.807) is 18.2 Å². The lowest BCUT2D eigenvalue weighted by molar-refractivity contribution is 0.0998. The van der Waals surface area contributed by atoms with Crippen LogP contribution in [-0.4, -0.2) is 5.91 Å². The van der Waals surface area contributed by atoms with E-state index in [4.69, 9.17) is 0 Å². The van der Waals surface area contributed by atoms with Gasteiger partial charge in [0, 0.05) is 10.1 Å². The molecular weight excluding hydrogens is 162 g/mol. The summed E-state index contributed by atoms with van der Waals surface area (Å²) < 4.78 is 0. The predicted molar refractivity (Wildman–Crippen MR) is 43.8 cm³/mol. The largest absolute Gasteiger partial charge is 0.317 e. The molecule has 0 spiro atoms. The molecule has 1 aromatic carbocycles. The summed E-state index contributed by atoms with van der Waals surface area (Å²) in [6, 6.07) is 6.51. The average molecular weight is 167 g/mol. The Morgan fingerprint density at radius 1 is 1.36 bits per heavy atom. The van der Waals surface area contributed by atoms with Crippen LogP contribution in [0, 0.1) is 4.91 Å². The molecule has 0 saturated carbocycles. The van der Waals surface area contributed by atoms with Crippen LogP contribution in [-0.2, 0) is 0 Å². The Balaban J connectivity index is 3.13. The fourth-order valence-electron chi connectivity index (χ4n) is 0.704. The summed E-state index contributed by atoms with van der Waals surface area (Å²) >= 11 is 3.97. The van der Waals surface area contributed by atoms with Crippen LogP contribution in [0.3, 0.4) is 0 Å². The molecule has 0 aliphatic heterocycles. The fourth-order valence-corrected chi connectivity index (χ4v) is 0.960. The molecule has 1 amide bonds. The molecule has 0 aromatic heterocycles. The fraction of sp³-hybridized carbons (Fsp3) is 0. The summed E-state index contributed by atoms with van der Waals surface area (Å²) in [4.78, 5) is 21.0. The summed E-state index contributed by atoms with van der Waals surface area (Å²) in [6.07, 6.45) is 0. The lowest BCUT2D eigenvalue weighted by Gasteiger charge is -1.94. The molecule has 0 fully saturated rings. The third-order valence-corrected chi connectivity index (χ3v) is 1.61. The molecule has 3 nitrogen and oxygen atoms in total. The number of hydrogen-bond acceptors (Lipinski definition) is 3. The second kappa shape index (κ2) is 3.30. The molecule has 0 atom stereocenters. The van der Waals surface area contributed by atoms with E-state index in [0.29, 0.717) is 4.90 Å². The van der Waals surface area contributed by atoms with E-state index in [0.717, 1.165) is 0 Å². The van der Waals surface area contributed by atoms with Gasteiger partial charge in [-0.15, -0.1) is 17.5 Å². The summed E-state index contributed by atoms with van der Waals surface area (Å²) in [5.41, 5.74) is 0.242. The predicted octanol–water partition coefficient (Wildman–Crippen LogP) is 1.88. The van der Waals surface area contributed by atoms with Crippen molar-refractivity contribution in [2.75, 3.05) is 0 Å². The number of carbonyl (C=O) groups is 1. The van der Waals surface area contributed by atoms with Crippen LogP contribution < -0.4 is 0 Å². The van der Waals surface area contributed by atoms with E-state index in [-0.39, 0.29) is 5.56 Å². The molecule has 56 valence electrons. The van der Waals surface area contributed by atoms with Gasteiger partial charge in [0.15, 0.2) is 0 Å². The molecule has 0 heterocycles. The monoisotopic (exact) mass is 167 g/mol. The number of benzene rings is 1. The minimum Gasteiger partial charge on any atom is -0.263 e. The molecule has 0 bridgehead atoms. The van der Waals surface area contributed by atoms with Crippen molar-refractivity contribution in [3.8, 4) is 0 Å². The Hall–Kier alpha value is -1.16. The molecule has 0 aliphatic carbocycles. The van der Waals surface area contributed by atoms with Crippen LogP contribution in [0.1, 0.15) is 10.4 Å². The van der Waals surface area contributed by atoms with Gasteiger partial charge in [0.05, 0.1) is 5.56 Å². The number of thiol groups is 1. The van der Waals surface area contributed by atoms with Crippen molar-refractivity contribution in [2.45, 2.75) is 4.90 Å². The first-order chi connectivity index (χ1) is 5.25. The average Bonchev–Trinajstić information content (AvgIpc) is 2.04. The summed E-state index contributed by atoms with van der Waals surface area (Å²) in [5.74, 6) is -0.782. The smallest absolute Gasteiger partial charge is 0.263 e. The lowest BCUT2D eigenvalue weighted by atomic mass is 10.2. The van der Waals surface area contributed by atoms with Crippen LogP contribution in [0.15, 0.2) is 34.3 Å². The normalized spacial score (nSPS) is 9.18. The molecule has 0 radical (unpaired) electrons. The topological polar surface area (TPSA) is 46.5 Å². The van der Waals surface area contributed by atoms with E-state index < -0.39 is 5.91 Å². The maximum atomic E-state index is 10.7. The molecular formula is C7H5NO2S. The highest BCUT2D eigenvalue weighted by molar-refractivity contribution is 7.80. The second-order valence-electron chi connectivity index (χ2n) is 1.91. The third kappa shape index (κ3) is 1.65. The van der Waals surface area contributed by atoms with Gasteiger partial charge in [-0.2, -0.15) is 0 Å². The SMILES string of the molecule is O=NC(=O)c1ccccc1S. The van der Waals surface area contributed by atoms with E-state index in [1.165, 1.54) is 6.07 Å². The van der Waals surface area contributed by atoms with Crippen LogP contribution in [0.25, 0.3) is 0 Å². The van der Waals surface area contributed by atoms with Gasteiger partial charge in [0.25, 0.3) is 0 Å². The van der Waals surface area contributed by atoms with E-state index in [9.17, 15) is 9.70 Å². The van der Waals surface area contributed by atoms with Crippen molar-refractivity contribution in [1.29, 1.82) is 0 Å². The van der Waals surface area contributed by atoms with Crippen LogP contribution in [0.5, 0.6) is 0 Å². The van der Waals surface area contributed by atoms with Gasteiger partial charge in [-0.25, -0.2) is 0 Å². The molecule has 0 saturated heterocycles. The van der Waals surface area contributed by atoms with Gasteiger partial charge in [0.1, 0.15) is 0 Å². The number of amides is 1. The van der Waals surface area contributed by atoms with Gasteiger partial charge in [-0.05, 0) is 12.1 Å². The minimum absolute atomic E-state index is 0.242. The minimum atomic E-state index is -0.782. The van der Waals surface area contributed by atoms with Crippen LogP contribution >= 0.6 is 12.6 Å². The van der Waals surface area contributed by atoms with Crippen molar-refractivity contribution in [3.05, 3.63) is 34.7 Å². The van der Waals surface area contributed by atoms with Gasteiger partial charge in [-0.3, -0.25) is 4.79 Å². The Morgan fingerprint density at radius 2 is 2.00 bits per heavy atom. The van der Waals surface area contributed by atoms with Crippen molar-refractivity contribution in [3.63, 3.8) is 0 Å². The molecule has 0 aliphatic rings. The third-order valence-electron chi connectivity index (χ3n) is 1.22. The Bertz CT molecular complexity index is 298. The molecule has 1 rings (SSSR count). The van der Waals surface area contributed by atoms with Crippen molar-refractivity contribution in [1.82, 2.24) is 0 Å². The zero-order valence-electron chi connectivity index (χ0n) is 5.52. The van der Waals surface area contributed by atoms with E-state index >= 15 is 0 Å². The summed E-state index contributed by atoms with van der Waals surface area (Å²) in [5, 5.41) is 2.28. The van der Waals surface area contributed by atoms with Crippen molar-refractivity contribution < 1.29 is 4.79 Å². The first-order valence-electron chi connectivity index (χ1n) is 2.91. The Labute approximate surface area is 68.8 Å². The first kappa shape index (κ1) is 7.94. The number of rotatable bonds is 1. The summed E-state index contributed by atoms with van der Waals surface area (Å²) in [6.45, 7) is 0. The highest BCUT2D eigenvalue weighted by Crippen LogP contribution is 2.13. The number of hydrogen-bond donors (Lipinski definition) is 1. The van der Waals surface area contributed by atoms with Gasteiger partial charge < -0.3 is 0 Å². The highest BCUT2D eigenvalue weighted by Gasteiger charge is 2.07. The maximum Gasteiger partial charge on any atom is 0.317 e. The second-order valence-corrected chi connectivity index (χ2v) is 2.40. The van der Waals surface area contributed by atoms with Crippen molar-refractivity contribution in [2.24, 2.45) is 5.18 Å². The zero-order chi connectivity index (χ0) is 8.27. The van der Waals surface area contributed by atoms with Crippen molar-refractivity contribution >= 4 is 18.5 Å². The van der Waals surface area contributed by atoms with Gasteiger partial charge >= 0.3 is 5.91 Å². The number of nitrogens with zero attached hydrogens (tertiary/aromatic N) is 1. The molecule has 0 N–H and O–H groups in total. The van der Waals surface area contributed by atoms with E-state index in [1.807, 2.05) is 0 Å². The standard InChI is InChI=1S/C7H5NO2S/c9-7(8-10)5-3-1-2-4-6(5)11/h1-4,11H. The Kier molecular flexibility index (Phi) is 2.38. The van der Waals surface area contributed by atoms with Gasteiger partial charge in [0.2, 0.25) is 0 Å². The first-order valence-corrected chi connectivity index (χ1v) is 3.36. The summed E-state index contributed by atoms with van der Waals surface area (Å²) in [7, 11) is 0. The maximum absolute atomic E-state index is 10.7. The quantitative estimate of drug-likeness (QED) is 0.512. The molecule has 11 heavy (non-hydrogen) atoms.